The molecule has 136 valence electrons. The monoisotopic (exact) mass is 380 g/mol. The lowest BCUT2D eigenvalue weighted by atomic mass is 9.72. The summed E-state index contributed by atoms with van der Waals surface area (Å²) in [6, 6.07) is 8.16. The molecule has 2 bridgehead atoms. The molecule has 0 aliphatic carbocycles. The number of ether oxygens (including phenoxy) is 1. The fourth-order valence-corrected chi connectivity index (χ4v) is 5.30. The van der Waals surface area contributed by atoms with Crippen molar-refractivity contribution in [3.05, 3.63) is 29.1 Å². The summed E-state index contributed by atoms with van der Waals surface area (Å²) in [5.41, 5.74) is 0.0384. The van der Waals surface area contributed by atoms with Gasteiger partial charge in [0.25, 0.3) is 5.91 Å². The zero-order chi connectivity index (χ0) is 16.9. The second-order valence-corrected chi connectivity index (χ2v) is 8.53. The van der Waals surface area contributed by atoms with Gasteiger partial charge in [0.1, 0.15) is 5.75 Å². The van der Waals surface area contributed by atoms with Gasteiger partial charge in [-0.05, 0) is 75.3 Å². The van der Waals surface area contributed by atoms with E-state index in [1.54, 1.807) is 18.4 Å². The molecule has 1 aromatic heterocycles. The molecule has 6 heteroatoms. The summed E-state index contributed by atoms with van der Waals surface area (Å²) in [4.78, 5) is 16.2. The number of halogens is 1. The Balaban J connectivity index is 0.00000182. The smallest absolute Gasteiger partial charge is 0.261 e. The van der Waals surface area contributed by atoms with Gasteiger partial charge in [-0.25, -0.2) is 0 Å². The first kappa shape index (κ1) is 18.5. The predicted octanol–water partition coefficient (Wildman–Crippen LogP) is 3.93. The summed E-state index contributed by atoms with van der Waals surface area (Å²) in [5, 5.41) is 4.41. The number of carbonyl (C=O) groups is 1. The van der Waals surface area contributed by atoms with Crippen molar-refractivity contribution < 1.29 is 9.53 Å². The van der Waals surface area contributed by atoms with Crippen LogP contribution in [-0.4, -0.2) is 42.6 Å². The minimum atomic E-state index is 0. The normalized spacial score (nSPS) is 26.9. The number of nitrogens with zero attached hydrogens (tertiary/aromatic N) is 1. The summed E-state index contributed by atoms with van der Waals surface area (Å²) >= 11 is 1.55. The van der Waals surface area contributed by atoms with Crippen molar-refractivity contribution in [2.24, 2.45) is 5.92 Å². The zero-order valence-electron chi connectivity index (χ0n) is 14.9. The maximum atomic E-state index is 12.9. The highest BCUT2D eigenvalue weighted by atomic mass is 35.5. The van der Waals surface area contributed by atoms with Crippen LogP contribution >= 0.6 is 23.7 Å². The third-order valence-electron chi connectivity index (χ3n) is 5.82. The van der Waals surface area contributed by atoms with E-state index in [0.717, 1.165) is 33.8 Å². The summed E-state index contributed by atoms with van der Waals surface area (Å²) in [6.45, 7) is 6.84. The topological polar surface area (TPSA) is 41.6 Å². The average molecular weight is 381 g/mol. The van der Waals surface area contributed by atoms with Crippen molar-refractivity contribution in [2.75, 3.05) is 20.2 Å². The molecule has 0 radical (unpaired) electrons. The number of rotatable bonds is 3. The van der Waals surface area contributed by atoms with Gasteiger partial charge in [0.05, 0.1) is 12.0 Å². The fraction of sp³-hybridized carbons (Fsp3) is 0.526. The van der Waals surface area contributed by atoms with Gasteiger partial charge in [-0.2, -0.15) is 0 Å². The highest BCUT2D eigenvalue weighted by molar-refractivity contribution is 7.20. The van der Waals surface area contributed by atoms with Gasteiger partial charge < -0.3 is 10.1 Å². The van der Waals surface area contributed by atoms with E-state index in [1.807, 2.05) is 24.3 Å². The molecule has 3 fully saturated rings. The highest BCUT2D eigenvalue weighted by Gasteiger charge is 2.48. The van der Waals surface area contributed by atoms with E-state index < -0.39 is 0 Å². The van der Waals surface area contributed by atoms with Gasteiger partial charge in [-0.3, -0.25) is 9.69 Å². The average Bonchev–Trinajstić information content (AvgIpc) is 3.01. The van der Waals surface area contributed by atoms with Crippen LogP contribution in [0.5, 0.6) is 5.75 Å². The van der Waals surface area contributed by atoms with Crippen molar-refractivity contribution in [2.45, 2.75) is 38.3 Å². The number of benzene rings is 1. The van der Waals surface area contributed by atoms with Crippen molar-refractivity contribution in [1.82, 2.24) is 10.2 Å². The molecule has 0 saturated carbocycles. The first-order chi connectivity index (χ1) is 11.5. The third-order valence-corrected chi connectivity index (χ3v) is 6.94. The Morgan fingerprint density at radius 1 is 1.28 bits per heavy atom. The molecule has 4 heterocycles. The van der Waals surface area contributed by atoms with Crippen molar-refractivity contribution in [1.29, 1.82) is 0 Å². The Kier molecular flexibility index (Phi) is 5.02. The number of methoxy groups -OCH3 is 1. The number of nitrogens with one attached hydrogen (secondary N) is 1. The van der Waals surface area contributed by atoms with Gasteiger partial charge in [0, 0.05) is 16.3 Å². The standard InChI is InChI=1S/C19H24N2O2S.ClH/c1-19(2)17(12-6-8-21(19)9-7-12)20-18(22)16-11-13-10-14(23-3)4-5-15(13)24-16;/h4-5,10-12,17H,6-9H2,1-3H3,(H,20,22);1H/t17-;/m1./s1. The Hall–Kier alpha value is -1.30. The molecule has 3 saturated heterocycles. The summed E-state index contributed by atoms with van der Waals surface area (Å²) < 4.78 is 6.39. The molecule has 1 aromatic carbocycles. The lowest BCUT2D eigenvalue weighted by Crippen LogP contribution is -2.69. The van der Waals surface area contributed by atoms with E-state index in [9.17, 15) is 4.79 Å². The summed E-state index contributed by atoms with van der Waals surface area (Å²) in [5.74, 6) is 1.48. The number of hydrogen-bond acceptors (Lipinski definition) is 4. The summed E-state index contributed by atoms with van der Waals surface area (Å²) in [6.07, 6.45) is 2.38. The molecule has 1 atom stereocenters. The largest absolute Gasteiger partial charge is 0.497 e. The van der Waals surface area contributed by atoms with Crippen molar-refractivity contribution >= 4 is 39.7 Å². The maximum Gasteiger partial charge on any atom is 0.261 e. The first-order valence-corrected chi connectivity index (χ1v) is 9.44. The van der Waals surface area contributed by atoms with E-state index in [1.165, 1.54) is 12.8 Å². The van der Waals surface area contributed by atoms with Crippen molar-refractivity contribution in [3.63, 3.8) is 0 Å². The minimum absolute atomic E-state index is 0. The molecule has 0 spiro atoms. The second-order valence-electron chi connectivity index (χ2n) is 7.44. The Morgan fingerprint density at radius 3 is 2.64 bits per heavy atom. The maximum absolute atomic E-state index is 12.9. The van der Waals surface area contributed by atoms with Crippen LogP contribution in [0.1, 0.15) is 36.4 Å². The number of hydrogen-bond donors (Lipinski definition) is 1. The van der Waals surface area contributed by atoms with E-state index in [0.29, 0.717) is 5.92 Å². The van der Waals surface area contributed by atoms with Gasteiger partial charge in [0.2, 0.25) is 0 Å². The highest BCUT2D eigenvalue weighted by Crippen LogP contribution is 2.39. The number of carbonyl (C=O) groups excluding carboxylic acids is 1. The predicted molar refractivity (Wildman–Crippen MR) is 105 cm³/mol. The van der Waals surface area contributed by atoms with Crippen LogP contribution in [0.4, 0.5) is 0 Å². The lowest BCUT2D eigenvalue weighted by molar-refractivity contribution is -0.0377. The van der Waals surface area contributed by atoms with Crippen LogP contribution in [0.3, 0.4) is 0 Å². The molecular formula is C19H25ClN2O2S. The number of fused-ring (bicyclic) bond motifs is 4. The van der Waals surface area contributed by atoms with E-state index in [-0.39, 0.29) is 29.9 Å². The van der Waals surface area contributed by atoms with Gasteiger partial charge in [-0.1, -0.05) is 0 Å². The SMILES string of the molecule is COc1ccc2sc(C(=O)N[C@@H]3C4CCN(CC4)C3(C)C)cc2c1.Cl. The molecule has 5 rings (SSSR count). The number of amides is 1. The van der Waals surface area contributed by atoms with Gasteiger partial charge in [0.15, 0.2) is 0 Å². The third kappa shape index (κ3) is 3.14. The summed E-state index contributed by atoms with van der Waals surface area (Å²) in [7, 11) is 1.66. The Morgan fingerprint density at radius 2 is 2.00 bits per heavy atom. The molecule has 3 aliphatic rings. The first-order valence-electron chi connectivity index (χ1n) is 8.62. The van der Waals surface area contributed by atoms with E-state index in [4.69, 9.17) is 4.74 Å². The molecule has 25 heavy (non-hydrogen) atoms. The molecule has 1 N–H and O–H groups in total. The number of piperidine rings is 3. The Labute approximate surface area is 158 Å². The quantitative estimate of drug-likeness (QED) is 0.877. The van der Waals surface area contributed by atoms with E-state index >= 15 is 0 Å². The fourth-order valence-electron chi connectivity index (χ4n) is 4.35. The Bertz CT molecular complexity index is 781. The van der Waals surface area contributed by atoms with Crippen LogP contribution in [-0.2, 0) is 0 Å². The second kappa shape index (κ2) is 6.78. The lowest BCUT2D eigenvalue weighted by Gasteiger charge is -2.56. The van der Waals surface area contributed by atoms with Crippen LogP contribution in [0.25, 0.3) is 10.1 Å². The molecule has 0 unspecified atom stereocenters. The minimum Gasteiger partial charge on any atom is -0.497 e. The zero-order valence-corrected chi connectivity index (χ0v) is 16.5. The van der Waals surface area contributed by atoms with Gasteiger partial charge >= 0.3 is 0 Å². The van der Waals surface area contributed by atoms with Gasteiger partial charge in [-0.15, -0.1) is 23.7 Å². The van der Waals surface area contributed by atoms with Crippen molar-refractivity contribution in [3.8, 4) is 5.75 Å². The van der Waals surface area contributed by atoms with Crippen LogP contribution in [0, 0.1) is 5.92 Å². The van der Waals surface area contributed by atoms with Crippen LogP contribution in [0.2, 0.25) is 0 Å². The molecule has 2 aromatic rings. The van der Waals surface area contributed by atoms with Crippen LogP contribution in [0.15, 0.2) is 24.3 Å². The van der Waals surface area contributed by atoms with Crippen LogP contribution < -0.4 is 10.1 Å². The number of thiophene rings is 1. The molecular weight excluding hydrogens is 356 g/mol. The molecule has 3 aliphatic heterocycles. The molecule has 4 nitrogen and oxygen atoms in total. The molecule has 1 amide bonds. The van der Waals surface area contributed by atoms with E-state index in [2.05, 4.69) is 24.1 Å².